The van der Waals surface area contributed by atoms with Crippen molar-refractivity contribution in [2.45, 2.75) is 66.1 Å². The zero-order chi connectivity index (χ0) is 24.9. The van der Waals surface area contributed by atoms with Gasteiger partial charge in [-0.2, -0.15) is 0 Å². The molecule has 0 aliphatic carbocycles. The summed E-state index contributed by atoms with van der Waals surface area (Å²) < 4.78 is 5.79. The highest BCUT2D eigenvalue weighted by atomic mass is 35.5. The fourth-order valence-electron chi connectivity index (χ4n) is 3.42. The van der Waals surface area contributed by atoms with Gasteiger partial charge in [-0.1, -0.05) is 47.8 Å². The summed E-state index contributed by atoms with van der Waals surface area (Å²) in [6.07, 6.45) is 0.439. The molecule has 0 heterocycles. The van der Waals surface area contributed by atoms with Gasteiger partial charge in [0.25, 0.3) is 5.91 Å². The largest absolute Gasteiger partial charge is 0.484 e. The monoisotopic (exact) mass is 512 g/mol. The number of amides is 2. The Morgan fingerprint density at radius 1 is 1.03 bits per heavy atom. The van der Waals surface area contributed by atoms with Gasteiger partial charge in [0.2, 0.25) is 5.91 Å². The fraction of sp³-hybridized carbons (Fsp3) is 0.440. The van der Waals surface area contributed by atoms with Gasteiger partial charge in [-0.15, -0.1) is 0 Å². The molecule has 1 atom stereocenters. The number of carbonyl (C=O) groups excluding carboxylic acids is 2. The molecule has 0 aromatic heterocycles. The van der Waals surface area contributed by atoms with Gasteiger partial charge in [0, 0.05) is 17.1 Å². The van der Waals surface area contributed by atoms with Crippen molar-refractivity contribution in [3.8, 4) is 5.75 Å². The van der Waals surface area contributed by atoms with Crippen LogP contribution < -0.4 is 10.1 Å². The molecule has 0 bridgehead atoms. The van der Waals surface area contributed by atoms with Crippen LogP contribution in [0.2, 0.25) is 15.1 Å². The van der Waals surface area contributed by atoms with Crippen LogP contribution in [0.5, 0.6) is 5.75 Å². The lowest BCUT2D eigenvalue weighted by Crippen LogP contribution is -2.54. The third-order valence-electron chi connectivity index (χ3n) is 4.99. The van der Waals surface area contributed by atoms with Crippen molar-refractivity contribution in [1.29, 1.82) is 0 Å². The van der Waals surface area contributed by atoms with E-state index in [0.29, 0.717) is 27.2 Å². The van der Waals surface area contributed by atoms with Gasteiger partial charge in [-0.25, -0.2) is 0 Å². The fourth-order valence-corrected chi connectivity index (χ4v) is 3.85. The van der Waals surface area contributed by atoms with Crippen LogP contribution in [0, 0.1) is 13.8 Å². The first kappa shape index (κ1) is 27.3. The lowest BCUT2D eigenvalue weighted by atomic mass is 10.1. The Morgan fingerprint density at radius 2 is 1.64 bits per heavy atom. The second-order valence-electron chi connectivity index (χ2n) is 9.09. The van der Waals surface area contributed by atoms with Crippen molar-refractivity contribution < 1.29 is 14.3 Å². The molecule has 0 spiro atoms. The Balaban J connectivity index is 2.30. The number of hydrogen-bond donors (Lipinski definition) is 1. The van der Waals surface area contributed by atoms with E-state index in [9.17, 15) is 9.59 Å². The predicted octanol–water partition coefficient (Wildman–Crippen LogP) is 6.36. The molecule has 0 unspecified atom stereocenters. The summed E-state index contributed by atoms with van der Waals surface area (Å²) in [7, 11) is 0. The molecule has 1 N–H and O–H groups in total. The molecule has 8 heteroatoms. The van der Waals surface area contributed by atoms with E-state index in [-0.39, 0.29) is 25.0 Å². The van der Waals surface area contributed by atoms with Crippen LogP contribution in [0.25, 0.3) is 0 Å². The Labute approximate surface area is 211 Å². The number of nitrogens with zero attached hydrogens (tertiary/aromatic N) is 1. The van der Waals surface area contributed by atoms with E-state index in [1.165, 1.54) is 4.90 Å². The SMILES string of the molecule is CC[C@H](C(=O)NC(C)(C)C)N(Cc1ccc(Cl)c(Cl)c1)C(=O)COc1cc(C)c(Cl)c(C)c1. The van der Waals surface area contributed by atoms with E-state index in [0.717, 1.165) is 16.7 Å². The van der Waals surface area contributed by atoms with Crippen LogP contribution in [0.3, 0.4) is 0 Å². The van der Waals surface area contributed by atoms with Crippen molar-refractivity contribution in [3.63, 3.8) is 0 Å². The first-order valence-electron chi connectivity index (χ1n) is 10.8. The van der Waals surface area contributed by atoms with E-state index in [4.69, 9.17) is 39.5 Å². The normalized spacial score (nSPS) is 12.3. The zero-order valence-electron chi connectivity index (χ0n) is 19.9. The summed E-state index contributed by atoms with van der Waals surface area (Å²) >= 11 is 18.4. The maximum atomic E-state index is 13.3. The van der Waals surface area contributed by atoms with Crippen LogP contribution in [0.4, 0.5) is 0 Å². The van der Waals surface area contributed by atoms with Crippen LogP contribution in [0.15, 0.2) is 30.3 Å². The van der Waals surface area contributed by atoms with Gasteiger partial charge >= 0.3 is 0 Å². The summed E-state index contributed by atoms with van der Waals surface area (Å²) in [4.78, 5) is 27.9. The number of benzene rings is 2. The first-order chi connectivity index (χ1) is 15.3. The molecule has 180 valence electrons. The highest BCUT2D eigenvalue weighted by Gasteiger charge is 2.31. The van der Waals surface area contributed by atoms with Crippen molar-refractivity contribution in [2.24, 2.45) is 0 Å². The topological polar surface area (TPSA) is 58.6 Å². The molecule has 0 aliphatic heterocycles. The third-order valence-corrected chi connectivity index (χ3v) is 6.33. The maximum Gasteiger partial charge on any atom is 0.261 e. The van der Waals surface area contributed by atoms with Gasteiger partial charge < -0.3 is 15.0 Å². The smallest absolute Gasteiger partial charge is 0.261 e. The van der Waals surface area contributed by atoms with Crippen molar-refractivity contribution in [1.82, 2.24) is 10.2 Å². The molecule has 0 aliphatic rings. The number of nitrogens with one attached hydrogen (secondary N) is 1. The number of ether oxygens (including phenoxy) is 1. The Bertz CT molecular complexity index is 995. The van der Waals surface area contributed by atoms with E-state index >= 15 is 0 Å². The van der Waals surface area contributed by atoms with Gasteiger partial charge in [-0.3, -0.25) is 9.59 Å². The highest BCUT2D eigenvalue weighted by molar-refractivity contribution is 6.42. The standard InChI is InChI=1S/C25H31Cl3N2O3/c1-7-21(24(32)29-25(4,5)6)30(13-17-8-9-19(26)20(27)12-17)22(31)14-33-18-10-15(2)23(28)16(3)11-18/h8-12,21H,7,13-14H2,1-6H3,(H,29,32)/t21-/m1/s1. The van der Waals surface area contributed by atoms with Gasteiger partial charge in [0.05, 0.1) is 10.0 Å². The lowest BCUT2D eigenvalue weighted by molar-refractivity contribution is -0.143. The number of halogens is 3. The van der Waals surface area contributed by atoms with Crippen molar-refractivity contribution in [3.05, 3.63) is 62.1 Å². The molecule has 33 heavy (non-hydrogen) atoms. The average Bonchev–Trinajstić information content (AvgIpc) is 2.71. The van der Waals surface area contributed by atoms with Crippen LogP contribution in [-0.2, 0) is 16.1 Å². The number of aryl methyl sites for hydroxylation is 2. The molecular formula is C25H31Cl3N2O3. The summed E-state index contributed by atoms with van der Waals surface area (Å²) in [6.45, 7) is 11.3. The summed E-state index contributed by atoms with van der Waals surface area (Å²) in [5.74, 6) is 0.00302. The summed E-state index contributed by atoms with van der Waals surface area (Å²) in [5, 5.41) is 4.45. The number of rotatable bonds is 8. The zero-order valence-corrected chi connectivity index (χ0v) is 22.2. The lowest BCUT2D eigenvalue weighted by Gasteiger charge is -2.33. The molecular weight excluding hydrogens is 483 g/mol. The average molecular weight is 514 g/mol. The quantitative estimate of drug-likeness (QED) is 0.446. The van der Waals surface area contributed by atoms with Gasteiger partial charge in [-0.05, 0) is 82.0 Å². The molecule has 0 saturated heterocycles. The minimum atomic E-state index is -0.677. The number of hydrogen-bond acceptors (Lipinski definition) is 3. The molecule has 2 amide bonds. The third kappa shape index (κ3) is 7.80. The highest BCUT2D eigenvalue weighted by Crippen LogP contribution is 2.27. The van der Waals surface area contributed by atoms with Gasteiger partial charge in [0.15, 0.2) is 6.61 Å². The summed E-state index contributed by atoms with van der Waals surface area (Å²) in [6, 6.07) is 8.06. The minimum absolute atomic E-state index is 0.188. The van der Waals surface area contributed by atoms with Crippen LogP contribution >= 0.6 is 34.8 Å². The van der Waals surface area contributed by atoms with Crippen molar-refractivity contribution >= 4 is 46.6 Å². The molecule has 0 radical (unpaired) electrons. The molecule has 0 fully saturated rings. The first-order valence-corrected chi connectivity index (χ1v) is 11.9. The Hall–Kier alpha value is -1.95. The van der Waals surface area contributed by atoms with Crippen LogP contribution in [0.1, 0.15) is 50.8 Å². The Morgan fingerprint density at radius 3 is 2.15 bits per heavy atom. The second kappa shape index (κ2) is 11.5. The van der Waals surface area contributed by atoms with E-state index in [1.807, 2.05) is 41.5 Å². The molecule has 5 nitrogen and oxygen atoms in total. The molecule has 2 aromatic rings. The van der Waals surface area contributed by atoms with Crippen molar-refractivity contribution in [2.75, 3.05) is 6.61 Å². The Kier molecular flexibility index (Phi) is 9.48. The molecule has 2 aromatic carbocycles. The summed E-state index contributed by atoms with van der Waals surface area (Å²) in [5.41, 5.74) is 2.06. The number of carbonyl (C=O) groups is 2. The molecule has 2 rings (SSSR count). The predicted molar refractivity (Wildman–Crippen MR) is 135 cm³/mol. The maximum absolute atomic E-state index is 13.3. The van der Waals surface area contributed by atoms with E-state index in [1.54, 1.807) is 30.3 Å². The minimum Gasteiger partial charge on any atom is -0.484 e. The van der Waals surface area contributed by atoms with E-state index < -0.39 is 11.6 Å². The van der Waals surface area contributed by atoms with Gasteiger partial charge in [0.1, 0.15) is 11.8 Å². The second-order valence-corrected chi connectivity index (χ2v) is 10.3. The van der Waals surface area contributed by atoms with E-state index in [2.05, 4.69) is 5.32 Å². The molecule has 0 saturated carbocycles. The van der Waals surface area contributed by atoms with Crippen LogP contribution in [-0.4, -0.2) is 34.9 Å².